The molecule has 0 rings (SSSR count). The number of carboxylic acid groups (broad SMARTS) is 1. The lowest BCUT2D eigenvalue weighted by Gasteiger charge is -2.22. The molecule has 0 aliphatic rings. The van der Waals surface area contributed by atoms with Crippen LogP contribution in [0.3, 0.4) is 0 Å². The van der Waals surface area contributed by atoms with E-state index in [0.717, 1.165) is 19.4 Å². The van der Waals surface area contributed by atoms with Crippen molar-refractivity contribution >= 4 is 12.9 Å². The summed E-state index contributed by atoms with van der Waals surface area (Å²) in [5.41, 5.74) is 6.31. The summed E-state index contributed by atoms with van der Waals surface area (Å²) in [5, 5.41) is 6.89. The fourth-order valence-corrected chi connectivity index (χ4v) is 6.98. The van der Waals surface area contributed by atoms with Crippen LogP contribution in [-0.2, 0) is 14.3 Å². The van der Waals surface area contributed by atoms with Crippen LogP contribution in [0.5, 0.6) is 0 Å². The van der Waals surface area contributed by atoms with Gasteiger partial charge >= 0.3 is 0 Å². The van der Waals surface area contributed by atoms with Crippen LogP contribution >= 0.6 is 0 Å². The Kier molecular flexibility index (Phi) is 58.4. The molecule has 0 heterocycles. The van der Waals surface area contributed by atoms with E-state index in [1.165, 1.54) is 225 Å². The Hall–Kier alpha value is -1.18. The molecular weight excluding hydrogens is 659 g/mol. The molecule has 0 saturated carbocycles. The van der Waals surface area contributed by atoms with Crippen LogP contribution in [0.2, 0.25) is 0 Å². The number of nitrogens with one attached hydrogen (secondary N) is 2. The monoisotopic (exact) mass is 756 g/mol. The Morgan fingerprint density at radius 3 is 1.04 bits per heavy atom. The van der Waals surface area contributed by atoms with E-state index >= 15 is 0 Å². The van der Waals surface area contributed by atoms with Crippen LogP contribution in [0, 0.1) is 0 Å². The first-order valence-corrected chi connectivity index (χ1v) is 23.4. The van der Waals surface area contributed by atoms with Crippen LogP contribution in [-0.4, -0.2) is 62.3 Å². The van der Waals surface area contributed by atoms with Crippen molar-refractivity contribution in [3.8, 4) is 0 Å². The van der Waals surface area contributed by atoms with E-state index in [0.29, 0.717) is 6.47 Å². The summed E-state index contributed by atoms with van der Waals surface area (Å²) in [7, 11) is 1.96. The third-order valence-corrected chi connectivity index (χ3v) is 10.4. The summed E-state index contributed by atoms with van der Waals surface area (Å²) < 4.78 is 5.22. The van der Waals surface area contributed by atoms with Crippen molar-refractivity contribution < 1.29 is 19.4 Å². The maximum absolute atomic E-state index is 10.5. The molecule has 0 bridgehead atoms. The summed E-state index contributed by atoms with van der Waals surface area (Å²) in [6.45, 7) is 14.3. The molecular formula is C46H97N3O4. The maximum atomic E-state index is 10.5. The highest BCUT2D eigenvalue weighted by molar-refractivity contribution is 5.37. The lowest BCUT2D eigenvalue weighted by atomic mass is 10.0. The number of rotatable bonds is 42. The summed E-state index contributed by atoms with van der Waals surface area (Å²) in [6, 6.07) is 0. The highest BCUT2D eigenvalue weighted by Gasteiger charge is 2.09. The summed E-state index contributed by atoms with van der Waals surface area (Å²) in [4.78, 5) is 21.6. The van der Waals surface area contributed by atoms with Crippen molar-refractivity contribution in [1.82, 2.24) is 15.8 Å². The number of nitrogens with zero attached hydrogens (tertiary/aromatic N) is 1. The first-order chi connectivity index (χ1) is 26.1. The van der Waals surface area contributed by atoms with E-state index in [1.807, 2.05) is 7.05 Å². The minimum absolute atomic E-state index is 0.171. The molecule has 0 saturated heterocycles. The molecule has 53 heavy (non-hydrogen) atoms. The zero-order chi connectivity index (χ0) is 39.6. The van der Waals surface area contributed by atoms with Gasteiger partial charge in [0, 0.05) is 13.1 Å². The second-order valence-electron chi connectivity index (χ2n) is 15.5. The quantitative estimate of drug-likeness (QED) is 0.0325. The third-order valence-electron chi connectivity index (χ3n) is 10.4. The van der Waals surface area contributed by atoms with Crippen molar-refractivity contribution in [2.75, 3.05) is 33.2 Å². The third kappa shape index (κ3) is 55.3. The topological polar surface area (TPSA) is 90.9 Å². The Morgan fingerprint density at radius 2 is 0.755 bits per heavy atom. The van der Waals surface area contributed by atoms with Gasteiger partial charge in [-0.15, -0.1) is 0 Å². The number of unbranched alkanes of at least 4 members (excludes halogenated alkanes) is 28. The Labute approximate surface area is 332 Å². The second kappa shape index (κ2) is 55.2. The number of carbonyl (C=O) groups excluding carboxylic acids is 1. The van der Waals surface area contributed by atoms with Crippen molar-refractivity contribution in [1.29, 1.82) is 0 Å². The van der Waals surface area contributed by atoms with Gasteiger partial charge in [-0.3, -0.25) is 20.4 Å². The molecule has 0 aromatic heterocycles. The predicted octanol–water partition coefficient (Wildman–Crippen LogP) is 13.6. The minimum Gasteiger partial charge on any atom is -0.483 e. The van der Waals surface area contributed by atoms with Gasteiger partial charge in [-0.2, -0.15) is 0 Å². The maximum Gasteiger partial charge on any atom is 0.293 e. The van der Waals surface area contributed by atoms with Gasteiger partial charge in [0.2, 0.25) is 0 Å². The fraction of sp³-hybridized carbons (Fsp3) is 0.957. The number of hydrogen-bond acceptors (Lipinski definition) is 6. The predicted molar refractivity (Wildman–Crippen MR) is 233 cm³/mol. The van der Waals surface area contributed by atoms with E-state index in [2.05, 4.69) is 43.4 Å². The van der Waals surface area contributed by atoms with Gasteiger partial charge in [-0.05, 0) is 58.7 Å². The lowest BCUT2D eigenvalue weighted by molar-refractivity contribution is -0.134. The van der Waals surface area contributed by atoms with Crippen LogP contribution in [0.1, 0.15) is 246 Å². The molecule has 0 radical (unpaired) electrons. The molecule has 0 aliphatic carbocycles. The van der Waals surface area contributed by atoms with Crippen LogP contribution < -0.4 is 10.9 Å². The van der Waals surface area contributed by atoms with E-state index in [9.17, 15) is 4.79 Å². The summed E-state index contributed by atoms with van der Waals surface area (Å²) in [5.74, 6) is 0. The van der Waals surface area contributed by atoms with Gasteiger partial charge in [0.25, 0.3) is 12.9 Å². The normalized spacial score (nSPS) is 10.9. The molecule has 0 fully saturated rings. The second-order valence-corrected chi connectivity index (χ2v) is 15.5. The molecule has 0 aliphatic heterocycles. The largest absolute Gasteiger partial charge is 0.483 e. The van der Waals surface area contributed by atoms with Gasteiger partial charge in [-0.1, -0.05) is 207 Å². The molecule has 0 aromatic rings. The molecule has 0 aromatic carbocycles. The van der Waals surface area contributed by atoms with E-state index in [-0.39, 0.29) is 12.6 Å². The molecule has 0 atom stereocenters. The van der Waals surface area contributed by atoms with E-state index < -0.39 is 0 Å². The van der Waals surface area contributed by atoms with Crippen molar-refractivity contribution in [3.05, 3.63) is 0 Å². The fourth-order valence-electron chi connectivity index (χ4n) is 6.98. The van der Waals surface area contributed by atoms with Crippen molar-refractivity contribution in [2.24, 2.45) is 0 Å². The highest BCUT2D eigenvalue weighted by atomic mass is 16.5. The minimum atomic E-state index is -0.250. The first kappa shape index (κ1) is 56.2. The van der Waals surface area contributed by atoms with E-state index in [1.54, 1.807) is 0 Å². The SMILES string of the molecule is CCCCCCCCC(CCCCCCCC)OC=O.CCCCCCCCCCCCCCCCN(CCCCCCCC)CCNNC.O=CO. The number of hydrazine groups is 1. The van der Waals surface area contributed by atoms with Gasteiger partial charge in [0.1, 0.15) is 6.10 Å². The van der Waals surface area contributed by atoms with Crippen LogP contribution in [0.15, 0.2) is 0 Å². The lowest BCUT2D eigenvalue weighted by Crippen LogP contribution is -2.38. The average Bonchev–Trinajstić information content (AvgIpc) is 3.16. The number of hydrogen-bond donors (Lipinski definition) is 3. The number of ether oxygens (including phenoxy) is 1. The van der Waals surface area contributed by atoms with Crippen LogP contribution in [0.4, 0.5) is 0 Å². The zero-order valence-electron chi connectivity index (χ0n) is 36.7. The standard InChI is InChI=1S/C27H59N3.C18H36O2.CH2O2/c1-4-6-8-10-12-13-14-15-16-17-18-19-21-23-26-30(27-24-29-28-3)25-22-20-11-9-7-5-2;1-3-5-7-9-11-13-15-18(20-17-19)16-14-12-10-8-6-4-2;2-1-3/h28-29H,4-27H2,1-3H3;17-18H,3-16H2,1-2H3;1H,(H,2,3). The summed E-state index contributed by atoms with van der Waals surface area (Å²) >= 11 is 0. The smallest absolute Gasteiger partial charge is 0.293 e. The molecule has 7 heteroatoms. The van der Waals surface area contributed by atoms with E-state index in [4.69, 9.17) is 14.6 Å². The molecule has 0 spiro atoms. The first-order valence-electron chi connectivity index (χ1n) is 23.4. The molecule has 3 N–H and O–H groups in total. The Balaban J connectivity index is -0.000000938. The molecule has 7 nitrogen and oxygen atoms in total. The molecule has 320 valence electrons. The highest BCUT2D eigenvalue weighted by Crippen LogP contribution is 2.17. The molecule has 0 amide bonds. The average molecular weight is 756 g/mol. The van der Waals surface area contributed by atoms with Gasteiger partial charge in [-0.25, -0.2) is 0 Å². The van der Waals surface area contributed by atoms with Gasteiger partial charge < -0.3 is 14.7 Å². The van der Waals surface area contributed by atoms with Gasteiger partial charge in [0.15, 0.2) is 0 Å². The van der Waals surface area contributed by atoms with Gasteiger partial charge in [0.05, 0.1) is 0 Å². The van der Waals surface area contributed by atoms with Crippen molar-refractivity contribution in [3.63, 3.8) is 0 Å². The number of carbonyl (C=O) groups is 2. The van der Waals surface area contributed by atoms with Crippen LogP contribution in [0.25, 0.3) is 0 Å². The summed E-state index contributed by atoms with van der Waals surface area (Å²) in [6.07, 6.45) is 46.6. The zero-order valence-corrected chi connectivity index (χ0v) is 36.7. The van der Waals surface area contributed by atoms with Crippen molar-refractivity contribution in [2.45, 2.75) is 252 Å². The molecule has 0 unspecified atom stereocenters. The Morgan fingerprint density at radius 1 is 0.472 bits per heavy atom. The Bertz CT molecular complexity index is 624.